The number of fused-ring (bicyclic) bond motifs is 2. The maximum Gasteiger partial charge on any atom is 0.354 e. The normalized spacial score (nSPS) is 28.3. The largest absolute Gasteiger partial charge is 0.477 e. The fourth-order valence-electron chi connectivity index (χ4n) is 3.40. The van der Waals surface area contributed by atoms with Crippen molar-refractivity contribution in [3.8, 4) is 0 Å². The molecule has 5 heteroatoms. The molecule has 1 aromatic heterocycles. The lowest BCUT2D eigenvalue weighted by Gasteiger charge is -2.20. The Morgan fingerprint density at radius 2 is 2.11 bits per heavy atom. The van der Waals surface area contributed by atoms with Gasteiger partial charge >= 0.3 is 5.97 Å². The van der Waals surface area contributed by atoms with E-state index in [-0.39, 0.29) is 17.5 Å². The van der Waals surface area contributed by atoms with Crippen molar-refractivity contribution in [1.82, 2.24) is 4.98 Å². The van der Waals surface area contributed by atoms with Crippen LogP contribution in [0.1, 0.15) is 36.2 Å². The van der Waals surface area contributed by atoms with Crippen molar-refractivity contribution in [1.29, 1.82) is 0 Å². The molecule has 2 saturated carbocycles. The number of aromatic carboxylic acids is 1. The fourth-order valence-corrected chi connectivity index (χ4v) is 3.40. The Kier molecular flexibility index (Phi) is 2.97. The molecule has 100 valence electrons. The van der Waals surface area contributed by atoms with E-state index in [0.717, 1.165) is 12.3 Å². The van der Waals surface area contributed by atoms with Gasteiger partial charge in [0.25, 0.3) is 0 Å². The highest BCUT2D eigenvalue weighted by atomic mass is 16.4. The molecule has 3 rings (SSSR count). The van der Waals surface area contributed by atoms with Crippen LogP contribution in [0.15, 0.2) is 18.3 Å². The Morgan fingerprint density at radius 3 is 2.63 bits per heavy atom. The molecular weight excluding hydrogens is 244 g/mol. The molecule has 5 nitrogen and oxygen atoms in total. The molecule has 0 spiro atoms. The van der Waals surface area contributed by atoms with Crippen LogP contribution in [-0.2, 0) is 4.79 Å². The highest BCUT2D eigenvalue weighted by Gasteiger charge is 2.42. The van der Waals surface area contributed by atoms with Gasteiger partial charge in [-0.2, -0.15) is 0 Å². The van der Waals surface area contributed by atoms with Crippen molar-refractivity contribution < 1.29 is 14.7 Å². The number of nitrogens with zero attached hydrogens (tertiary/aromatic N) is 1. The average molecular weight is 260 g/mol. The summed E-state index contributed by atoms with van der Waals surface area (Å²) in [5, 5.41) is 11.6. The highest BCUT2D eigenvalue weighted by molar-refractivity contribution is 5.93. The summed E-state index contributed by atoms with van der Waals surface area (Å²) in [5.41, 5.74) is 0.552. The summed E-state index contributed by atoms with van der Waals surface area (Å²) in [6.45, 7) is 0. The Balaban J connectivity index is 1.64. The molecule has 2 bridgehead atoms. The van der Waals surface area contributed by atoms with Crippen molar-refractivity contribution in [2.75, 3.05) is 5.32 Å². The zero-order chi connectivity index (χ0) is 13.4. The van der Waals surface area contributed by atoms with Crippen molar-refractivity contribution in [3.63, 3.8) is 0 Å². The van der Waals surface area contributed by atoms with Gasteiger partial charge in [0.2, 0.25) is 5.91 Å². The summed E-state index contributed by atoms with van der Waals surface area (Å²) in [7, 11) is 0. The smallest absolute Gasteiger partial charge is 0.354 e. The second kappa shape index (κ2) is 4.64. The number of carbonyl (C=O) groups is 2. The maximum atomic E-state index is 12.2. The van der Waals surface area contributed by atoms with Gasteiger partial charge in [0.1, 0.15) is 5.69 Å². The van der Waals surface area contributed by atoms with Crippen molar-refractivity contribution >= 4 is 17.6 Å². The molecular formula is C14H16N2O3. The van der Waals surface area contributed by atoms with Crippen LogP contribution in [0.25, 0.3) is 0 Å². The van der Waals surface area contributed by atoms with Gasteiger partial charge in [0.15, 0.2) is 0 Å². The molecule has 3 unspecified atom stereocenters. The van der Waals surface area contributed by atoms with E-state index in [9.17, 15) is 9.59 Å². The number of hydrogen-bond donors (Lipinski definition) is 2. The maximum absolute atomic E-state index is 12.2. The van der Waals surface area contributed by atoms with Crippen molar-refractivity contribution in [2.45, 2.75) is 25.7 Å². The van der Waals surface area contributed by atoms with Gasteiger partial charge in [0, 0.05) is 5.92 Å². The number of aromatic nitrogens is 1. The lowest BCUT2D eigenvalue weighted by Crippen LogP contribution is -2.27. The first kappa shape index (κ1) is 12.1. The fraction of sp³-hybridized carbons (Fsp3) is 0.500. The SMILES string of the molecule is O=C(O)c1ccc(NC(=O)C2CC3CCC2C3)cn1. The van der Waals surface area contributed by atoms with Crippen LogP contribution in [0.3, 0.4) is 0 Å². The number of rotatable bonds is 3. The Morgan fingerprint density at radius 1 is 1.26 bits per heavy atom. The topological polar surface area (TPSA) is 79.3 Å². The third-order valence-electron chi connectivity index (χ3n) is 4.32. The molecule has 19 heavy (non-hydrogen) atoms. The van der Waals surface area contributed by atoms with Crippen LogP contribution >= 0.6 is 0 Å². The molecule has 2 fully saturated rings. The minimum absolute atomic E-state index is 0.0158. The van der Waals surface area contributed by atoms with E-state index in [1.54, 1.807) is 6.07 Å². The van der Waals surface area contributed by atoms with Crippen LogP contribution in [0.4, 0.5) is 5.69 Å². The Bertz CT molecular complexity index is 512. The summed E-state index contributed by atoms with van der Waals surface area (Å²) >= 11 is 0. The van der Waals surface area contributed by atoms with E-state index in [1.807, 2.05) is 0 Å². The van der Waals surface area contributed by atoms with E-state index in [1.165, 1.54) is 31.5 Å². The van der Waals surface area contributed by atoms with Gasteiger partial charge in [0.05, 0.1) is 11.9 Å². The standard InChI is InChI=1S/C14H16N2O3/c17-13(11-6-8-1-2-9(11)5-8)16-10-3-4-12(14(18)19)15-7-10/h3-4,7-9,11H,1-2,5-6H2,(H,16,17)(H,18,19). The van der Waals surface area contributed by atoms with Gasteiger partial charge in [-0.1, -0.05) is 6.42 Å². The number of carboxylic acid groups (broad SMARTS) is 1. The summed E-state index contributed by atoms with van der Waals surface area (Å²) in [4.78, 5) is 26.6. The molecule has 0 radical (unpaired) electrons. The van der Waals surface area contributed by atoms with Crippen molar-refractivity contribution in [3.05, 3.63) is 24.0 Å². The van der Waals surface area contributed by atoms with Gasteiger partial charge < -0.3 is 10.4 Å². The number of nitrogens with one attached hydrogen (secondary N) is 1. The molecule has 1 aromatic rings. The molecule has 2 aliphatic carbocycles. The number of carboxylic acids is 1. The summed E-state index contributed by atoms with van der Waals surface area (Å²) in [6.07, 6.45) is 6.02. The van der Waals surface area contributed by atoms with E-state index >= 15 is 0 Å². The first-order valence-electron chi connectivity index (χ1n) is 6.63. The van der Waals surface area contributed by atoms with Gasteiger partial charge in [-0.25, -0.2) is 9.78 Å². The second-order valence-electron chi connectivity index (χ2n) is 5.51. The average Bonchev–Trinajstić information content (AvgIpc) is 3.01. The quantitative estimate of drug-likeness (QED) is 0.872. The third kappa shape index (κ3) is 2.32. The van der Waals surface area contributed by atoms with Gasteiger partial charge in [-0.3, -0.25) is 4.79 Å². The van der Waals surface area contributed by atoms with E-state index in [4.69, 9.17) is 5.11 Å². The lowest BCUT2D eigenvalue weighted by molar-refractivity contribution is -0.121. The van der Waals surface area contributed by atoms with Crippen LogP contribution in [-0.4, -0.2) is 22.0 Å². The van der Waals surface area contributed by atoms with E-state index in [2.05, 4.69) is 10.3 Å². The summed E-state index contributed by atoms with van der Waals surface area (Å²) in [6, 6.07) is 2.99. The predicted octanol–water partition coefficient (Wildman–Crippen LogP) is 2.15. The number of carbonyl (C=O) groups excluding carboxylic acids is 1. The Labute approximate surface area is 111 Å². The molecule has 3 atom stereocenters. The summed E-state index contributed by atoms with van der Waals surface area (Å²) in [5.74, 6) is 0.380. The minimum Gasteiger partial charge on any atom is -0.477 e. The lowest BCUT2D eigenvalue weighted by atomic mass is 9.88. The number of anilines is 1. The second-order valence-corrected chi connectivity index (χ2v) is 5.51. The van der Waals surface area contributed by atoms with Crippen LogP contribution in [0.2, 0.25) is 0 Å². The molecule has 0 aliphatic heterocycles. The molecule has 1 heterocycles. The molecule has 2 aliphatic rings. The number of pyridine rings is 1. The zero-order valence-electron chi connectivity index (χ0n) is 10.5. The Hall–Kier alpha value is -1.91. The highest BCUT2D eigenvalue weighted by Crippen LogP contribution is 2.48. The first-order chi connectivity index (χ1) is 9.13. The molecule has 2 N–H and O–H groups in total. The third-order valence-corrected chi connectivity index (χ3v) is 4.32. The predicted molar refractivity (Wildman–Crippen MR) is 68.8 cm³/mol. The molecule has 0 saturated heterocycles. The minimum atomic E-state index is -1.06. The van der Waals surface area contributed by atoms with E-state index in [0.29, 0.717) is 11.6 Å². The molecule has 0 aromatic carbocycles. The first-order valence-corrected chi connectivity index (χ1v) is 6.63. The van der Waals surface area contributed by atoms with Gasteiger partial charge in [-0.05, 0) is 43.2 Å². The van der Waals surface area contributed by atoms with Crippen molar-refractivity contribution in [2.24, 2.45) is 17.8 Å². The van der Waals surface area contributed by atoms with Gasteiger partial charge in [-0.15, -0.1) is 0 Å². The van der Waals surface area contributed by atoms with Crippen LogP contribution in [0.5, 0.6) is 0 Å². The summed E-state index contributed by atoms with van der Waals surface area (Å²) < 4.78 is 0. The van der Waals surface area contributed by atoms with Crippen LogP contribution < -0.4 is 5.32 Å². The zero-order valence-corrected chi connectivity index (χ0v) is 10.5. The van der Waals surface area contributed by atoms with Crippen LogP contribution in [0, 0.1) is 17.8 Å². The van der Waals surface area contributed by atoms with E-state index < -0.39 is 5.97 Å². The monoisotopic (exact) mass is 260 g/mol. The number of amides is 1. The molecule has 1 amide bonds. The number of hydrogen-bond acceptors (Lipinski definition) is 3.